The van der Waals surface area contributed by atoms with Crippen LogP contribution >= 0.6 is 11.8 Å². The van der Waals surface area contributed by atoms with Crippen LogP contribution in [0.1, 0.15) is 19.8 Å². The molecule has 0 aromatic carbocycles. The minimum Gasteiger partial charge on any atom is -0.450 e. The Hall–Kier alpha value is -1.74. The maximum atomic E-state index is 12.1. The highest BCUT2D eigenvalue weighted by Crippen LogP contribution is 2.30. The first-order valence-corrected chi connectivity index (χ1v) is 8.25. The maximum Gasteiger partial charge on any atom is 0.413 e. The van der Waals surface area contributed by atoms with Gasteiger partial charge in [-0.3, -0.25) is 14.9 Å². The Balaban J connectivity index is 1.89. The molecule has 1 saturated heterocycles. The normalized spacial score (nSPS) is 24.0. The lowest BCUT2D eigenvalue weighted by molar-refractivity contribution is -0.124. The van der Waals surface area contributed by atoms with Crippen LogP contribution in [0.25, 0.3) is 0 Å². The molecule has 0 radical (unpaired) electrons. The van der Waals surface area contributed by atoms with Gasteiger partial charge in [-0.25, -0.2) is 10.2 Å². The van der Waals surface area contributed by atoms with Gasteiger partial charge in [0.2, 0.25) is 5.91 Å². The third-order valence-electron chi connectivity index (χ3n) is 3.29. The second-order valence-electron chi connectivity index (χ2n) is 4.83. The van der Waals surface area contributed by atoms with E-state index in [2.05, 4.69) is 21.5 Å². The third kappa shape index (κ3) is 4.38. The number of ether oxygens (including phenoxy) is 1. The molecule has 2 atom stereocenters. The summed E-state index contributed by atoms with van der Waals surface area (Å²) in [5, 5.41) is 4.67. The standard InChI is InChI=1S/C13H20N4O4S/c1-2-21-13(20)16-10(18)8-5-7-22-12(8)15-11(19)9-4-3-6-14-17-9/h4,8,12,14,17H,2-3,5-7H2,1H3,(H,15,19)(H,16,18,20). The Labute approximate surface area is 132 Å². The summed E-state index contributed by atoms with van der Waals surface area (Å²) in [6.07, 6.45) is 2.42. The molecule has 0 aromatic rings. The second-order valence-corrected chi connectivity index (χ2v) is 6.08. The van der Waals surface area contributed by atoms with E-state index in [-0.39, 0.29) is 17.9 Å². The molecule has 8 nitrogen and oxygen atoms in total. The van der Waals surface area contributed by atoms with Crippen molar-refractivity contribution in [2.75, 3.05) is 18.9 Å². The SMILES string of the molecule is CCOC(=O)NC(=O)C1CCSC1NC(=O)C1=CCCNN1. The highest BCUT2D eigenvalue weighted by molar-refractivity contribution is 8.00. The molecule has 2 aliphatic rings. The van der Waals surface area contributed by atoms with E-state index in [4.69, 9.17) is 4.74 Å². The highest BCUT2D eigenvalue weighted by Gasteiger charge is 2.36. The number of amides is 3. The number of alkyl carbamates (subject to hydrolysis) is 1. The molecule has 122 valence electrons. The van der Waals surface area contributed by atoms with Gasteiger partial charge in [-0.2, -0.15) is 0 Å². The van der Waals surface area contributed by atoms with Crippen LogP contribution in [0.5, 0.6) is 0 Å². The third-order valence-corrected chi connectivity index (χ3v) is 4.56. The van der Waals surface area contributed by atoms with Gasteiger partial charge in [0, 0.05) is 6.54 Å². The van der Waals surface area contributed by atoms with E-state index >= 15 is 0 Å². The summed E-state index contributed by atoms with van der Waals surface area (Å²) < 4.78 is 4.69. The van der Waals surface area contributed by atoms with Gasteiger partial charge >= 0.3 is 6.09 Å². The number of thioether (sulfide) groups is 1. The number of rotatable bonds is 4. The molecule has 0 aliphatic carbocycles. The summed E-state index contributed by atoms with van der Waals surface area (Å²) in [6.45, 7) is 2.63. The van der Waals surface area contributed by atoms with Crippen molar-refractivity contribution in [3.63, 3.8) is 0 Å². The van der Waals surface area contributed by atoms with Crippen LogP contribution in [0.4, 0.5) is 4.79 Å². The summed E-state index contributed by atoms with van der Waals surface area (Å²) in [6, 6.07) is 0. The van der Waals surface area contributed by atoms with Crippen LogP contribution in [0.2, 0.25) is 0 Å². The highest BCUT2D eigenvalue weighted by atomic mass is 32.2. The molecule has 0 bridgehead atoms. The number of hydrogen-bond acceptors (Lipinski definition) is 7. The minimum absolute atomic E-state index is 0.200. The van der Waals surface area contributed by atoms with E-state index < -0.39 is 17.9 Å². The number of hydrogen-bond donors (Lipinski definition) is 4. The van der Waals surface area contributed by atoms with E-state index in [1.54, 1.807) is 13.0 Å². The van der Waals surface area contributed by atoms with Gasteiger partial charge in [-0.05, 0) is 25.5 Å². The molecule has 2 heterocycles. The fourth-order valence-electron chi connectivity index (χ4n) is 2.21. The molecule has 2 aliphatic heterocycles. The predicted molar refractivity (Wildman–Crippen MR) is 81.5 cm³/mol. The average Bonchev–Trinajstić information content (AvgIpc) is 2.96. The van der Waals surface area contributed by atoms with Crippen LogP contribution < -0.4 is 21.5 Å². The lowest BCUT2D eigenvalue weighted by Gasteiger charge is -2.22. The number of nitrogens with one attached hydrogen (secondary N) is 4. The maximum absolute atomic E-state index is 12.1. The summed E-state index contributed by atoms with van der Waals surface area (Å²) in [7, 11) is 0. The number of carbonyl (C=O) groups excluding carboxylic acids is 3. The quantitative estimate of drug-likeness (QED) is 0.568. The van der Waals surface area contributed by atoms with Gasteiger partial charge in [-0.1, -0.05) is 6.08 Å². The summed E-state index contributed by atoms with van der Waals surface area (Å²) in [4.78, 5) is 35.5. The van der Waals surface area contributed by atoms with Crippen molar-refractivity contribution >= 4 is 29.7 Å². The van der Waals surface area contributed by atoms with E-state index in [9.17, 15) is 14.4 Å². The Morgan fingerprint density at radius 1 is 1.45 bits per heavy atom. The van der Waals surface area contributed by atoms with Gasteiger partial charge in [0.1, 0.15) is 5.70 Å². The van der Waals surface area contributed by atoms with Crippen molar-refractivity contribution in [2.24, 2.45) is 5.92 Å². The first-order chi connectivity index (χ1) is 10.6. The van der Waals surface area contributed by atoms with Crippen LogP contribution in [0.15, 0.2) is 11.8 Å². The van der Waals surface area contributed by atoms with Crippen molar-refractivity contribution in [1.82, 2.24) is 21.5 Å². The molecular weight excluding hydrogens is 308 g/mol. The van der Waals surface area contributed by atoms with Gasteiger partial charge in [-0.15, -0.1) is 11.8 Å². The lowest BCUT2D eigenvalue weighted by atomic mass is 10.1. The Morgan fingerprint density at radius 3 is 2.95 bits per heavy atom. The van der Waals surface area contributed by atoms with E-state index in [0.29, 0.717) is 12.1 Å². The first-order valence-electron chi connectivity index (χ1n) is 7.21. The second kappa shape index (κ2) is 8.04. The summed E-state index contributed by atoms with van der Waals surface area (Å²) >= 11 is 1.49. The van der Waals surface area contributed by atoms with Crippen molar-refractivity contribution in [2.45, 2.75) is 25.1 Å². The number of hydrazine groups is 1. The smallest absolute Gasteiger partial charge is 0.413 e. The number of carbonyl (C=O) groups is 3. The van der Waals surface area contributed by atoms with Crippen molar-refractivity contribution < 1.29 is 19.1 Å². The monoisotopic (exact) mass is 328 g/mol. The lowest BCUT2D eigenvalue weighted by Crippen LogP contribution is -2.48. The fourth-order valence-corrected chi connectivity index (χ4v) is 3.54. The molecule has 0 spiro atoms. The Morgan fingerprint density at radius 2 is 2.27 bits per heavy atom. The topological polar surface area (TPSA) is 109 Å². The van der Waals surface area contributed by atoms with Crippen molar-refractivity contribution in [1.29, 1.82) is 0 Å². The van der Waals surface area contributed by atoms with Gasteiger partial charge in [0.25, 0.3) is 5.91 Å². The predicted octanol–water partition coefficient (Wildman–Crippen LogP) is -0.164. The Kier molecular flexibility index (Phi) is 6.08. The molecule has 2 rings (SSSR count). The summed E-state index contributed by atoms with van der Waals surface area (Å²) in [5.74, 6) is -0.384. The molecule has 1 fully saturated rings. The van der Waals surface area contributed by atoms with Crippen molar-refractivity contribution in [3.05, 3.63) is 11.8 Å². The molecule has 22 heavy (non-hydrogen) atoms. The fraction of sp³-hybridized carbons (Fsp3) is 0.615. The van der Waals surface area contributed by atoms with Crippen LogP contribution in [0, 0.1) is 5.92 Å². The number of imide groups is 1. The zero-order valence-corrected chi connectivity index (χ0v) is 13.1. The largest absolute Gasteiger partial charge is 0.450 e. The molecule has 9 heteroatoms. The van der Waals surface area contributed by atoms with E-state index in [1.807, 2.05) is 0 Å². The molecule has 4 N–H and O–H groups in total. The van der Waals surface area contributed by atoms with E-state index in [1.165, 1.54) is 11.8 Å². The molecule has 3 amide bonds. The van der Waals surface area contributed by atoms with Gasteiger partial charge in [0.15, 0.2) is 0 Å². The molecular formula is C13H20N4O4S. The summed E-state index contributed by atoms with van der Waals surface area (Å²) in [5.41, 5.74) is 6.14. The Bertz CT molecular complexity index is 483. The van der Waals surface area contributed by atoms with E-state index in [0.717, 1.165) is 18.7 Å². The van der Waals surface area contributed by atoms with Crippen LogP contribution in [-0.2, 0) is 14.3 Å². The average molecular weight is 328 g/mol. The zero-order valence-electron chi connectivity index (χ0n) is 12.3. The molecule has 0 saturated carbocycles. The first kappa shape index (κ1) is 16.6. The van der Waals surface area contributed by atoms with Gasteiger partial charge < -0.3 is 15.5 Å². The minimum atomic E-state index is -0.754. The van der Waals surface area contributed by atoms with Crippen LogP contribution in [-0.4, -0.2) is 42.2 Å². The van der Waals surface area contributed by atoms with Gasteiger partial charge in [0.05, 0.1) is 17.9 Å². The van der Waals surface area contributed by atoms with Crippen molar-refractivity contribution in [3.8, 4) is 0 Å². The van der Waals surface area contributed by atoms with Crippen LogP contribution in [0.3, 0.4) is 0 Å². The molecule has 0 aromatic heterocycles. The zero-order chi connectivity index (χ0) is 15.9. The molecule has 2 unspecified atom stereocenters.